The zero-order valence-corrected chi connectivity index (χ0v) is 15.1. The number of hydrogen-bond acceptors (Lipinski definition) is 5. The van der Waals surface area contributed by atoms with Crippen LogP contribution in [0.1, 0.15) is 44.4 Å². The molecule has 2 N–H and O–H groups in total. The molecule has 2 rings (SSSR count). The molecular formula is C17H26N2O4S. The van der Waals surface area contributed by atoms with Crippen LogP contribution in [0.3, 0.4) is 0 Å². The van der Waals surface area contributed by atoms with E-state index in [1.165, 1.54) is 0 Å². The highest BCUT2D eigenvalue weighted by Crippen LogP contribution is 2.28. The molecule has 1 aliphatic heterocycles. The predicted octanol–water partition coefficient (Wildman–Crippen LogP) is 2.52. The van der Waals surface area contributed by atoms with Gasteiger partial charge in [-0.25, -0.2) is 4.79 Å². The number of nitrogens with zero attached hydrogens (tertiary/aromatic N) is 1. The summed E-state index contributed by atoms with van der Waals surface area (Å²) in [5, 5.41) is 14.9. The number of rotatable bonds is 10. The Morgan fingerprint density at radius 2 is 2.04 bits per heavy atom. The Labute approximate surface area is 146 Å². The Kier molecular flexibility index (Phi) is 6.77. The number of carbonyl (C=O) groups excluding carboxylic acids is 2. The Bertz CT molecular complexity index is 541. The van der Waals surface area contributed by atoms with Gasteiger partial charge in [-0.2, -0.15) is 0 Å². The maximum Gasteiger partial charge on any atom is 0.325 e. The second kappa shape index (κ2) is 8.60. The van der Waals surface area contributed by atoms with Crippen LogP contribution in [-0.2, 0) is 16.1 Å². The van der Waals surface area contributed by atoms with Crippen LogP contribution >= 0.6 is 11.3 Å². The average Bonchev–Trinajstić information content (AvgIpc) is 3.12. The van der Waals surface area contributed by atoms with Crippen LogP contribution in [0.4, 0.5) is 4.79 Å². The van der Waals surface area contributed by atoms with E-state index in [9.17, 15) is 14.7 Å². The molecule has 0 radical (unpaired) electrons. The number of ether oxygens (including phenoxy) is 1. The zero-order valence-electron chi connectivity index (χ0n) is 14.3. The molecule has 1 unspecified atom stereocenters. The summed E-state index contributed by atoms with van der Waals surface area (Å²) < 4.78 is 5.46. The first-order valence-corrected chi connectivity index (χ1v) is 9.32. The summed E-state index contributed by atoms with van der Waals surface area (Å²) in [6, 6.07) is 3.48. The van der Waals surface area contributed by atoms with Gasteiger partial charge in [-0.05, 0) is 24.3 Å². The Morgan fingerprint density at radius 1 is 1.33 bits per heavy atom. The number of amides is 3. The summed E-state index contributed by atoms with van der Waals surface area (Å²) in [5.41, 5.74) is -0.807. The van der Waals surface area contributed by atoms with Gasteiger partial charge in [0.25, 0.3) is 5.91 Å². The van der Waals surface area contributed by atoms with Crippen molar-refractivity contribution in [1.29, 1.82) is 0 Å². The third-order valence-corrected chi connectivity index (χ3v) is 4.98. The SMILES string of the molecule is CCCC1(CCC)NC(=O)N(CC(O)COCc2cccs2)C1=O. The van der Waals surface area contributed by atoms with Gasteiger partial charge in [-0.1, -0.05) is 32.8 Å². The van der Waals surface area contributed by atoms with Crippen LogP contribution in [-0.4, -0.2) is 46.7 Å². The van der Waals surface area contributed by atoms with Crippen LogP contribution in [0.2, 0.25) is 0 Å². The maximum atomic E-state index is 12.7. The quantitative estimate of drug-likeness (QED) is 0.633. The largest absolute Gasteiger partial charge is 0.389 e. The summed E-state index contributed by atoms with van der Waals surface area (Å²) in [6.45, 7) is 4.46. The molecule has 0 spiro atoms. The molecule has 0 aromatic carbocycles. The van der Waals surface area contributed by atoms with Gasteiger partial charge in [0.15, 0.2) is 0 Å². The number of imide groups is 1. The Morgan fingerprint density at radius 3 is 2.62 bits per heavy atom. The van der Waals surface area contributed by atoms with Crippen LogP contribution in [0.15, 0.2) is 17.5 Å². The van der Waals surface area contributed by atoms with Gasteiger partial charge in [-0.15, -0.1) is 11.3 Å². The molecule has 1 aromatic heterocycles. The minimum Gasteiger partial charge on any atom is -0.389 e. The fourth-order valence-corrected chi connectivity index (χ4v) is 3.75. The maximum absolute atomic E-state index is 12.7. The van der Waals surface area contributed by atoms with Crippen molar-refractivity contribution in [1.82, 2.24) is 10.2 Å². The normalized spacial score (nSPS) is 18.0. The second-order valence-electron chi connectivity index (χ2n) is 6.18. The molecule has 24 heavy (non-hydrogen) atoms. The van der Waals surface area contributed by atoms with E-state index in [2.05, 4.69) is 5.32 Å². The summed E-state index contributed by atoms with van der Waals surface area (Å²) in [5.74, 6) is -0.228. The van der Waals surface area contributed by atoms with Crippen molar-refractivity contribution in [2.24, 2.45) is 0 Å². The zero-order chi connectivity index (χ0) is 17.6. The highest BCUT2D eigenvalue weighted by molar-refractivity contribution is 7.09. The number of urea groups is 1. The van der Waals surface area contributed by atoms with E-state index < -0.39 is 17.7 Å². The Hall–Kier alpha value is -1.44. The number of thiophene rings is 1. The van der Waals surface area contributed by atoms with E-state index in [0.717, 1.165) is 22.6 Å². The third-order valence-electron chi connectivity index (χ3n) is 4.13. The Balaban J connectivity index is 1.88. The lowest BCUT2D eigenvalue weighted by atomic mass is 9.88. The first-order chi connectivity index (χ1) is 11.5. The van der Waals surface area contributed by atoms with Gasteiger partial charge in [0.05, 0.1) is 25.9 Å². The van der Waals surface area contributed by atoms with Crippen molar-refractivity contribution < 1.29 is 19.4 Å². The van der Waals surface area contributed by atoms with Crippen molar-refractivity contribution >= 4 is 23.3 Å². The summed E-state index contributed by atoms with van der Waals surface area (Å²) in [6.07, 6.45) is 1.97. The molecule has 0 saturated carbocycles. The van der Waals surface area contributed by atoms with Crippen molar-refractivity contribution in [3.63, 3.8) is 0 Å². The minimum atomic E-state index is -0.890. The van der Waals surface area contributed by atoms with Crippen molar-refractivity contribution in [2.75, 3.05) is 13.2 Å². The molecule has 1 aromatic rings. The lowest BCUT2D eigenvalue weighted by molar-refractivity contribution is -0.133. The summed E-state index contributed by atoms with van der Waals surface area (Å²) >= 11 is 1.58. The molecule has 1 atom stereocenters. The number of β-amino-alcohol motifs (C(OH)–C–C–N with tert-alkyl or cyclic N) is 1. The lowest BCUT2D eigenvalue weighted by Crippen LogP contribution is -2.47. The predicted molar refractivity (Wildman–Crippen MR) is 92.8 cm³/mol. The molecule has 2 heterocycles. The van der Waals surface area contributed by atoms with Gasteiger partial charge >= 0.3 is 6.03 Å². The van der Waals surface area contributed by atoms with E-state index in [1.807, 2.05) is 31.4 Å². The first kappa shape index (κ1) is 18.9. The number of aliphatic hydroxyl groups is 1. The molecule has 1 saturated heterocycles. The molecule has 1 aliphatic rings. The lowest BCUT2D eigenvalue weighted by Gasteiger charge is -2.26. The number of nitrogens with one attached hydrogen (secondary N) is 1. The number of hydrogen-bond donors (Lipinski definition) is 2. The van der Waals surface area contributed by atoms with Crippen LogP contribution in [0.25, 0.3) is 0 Å². The molecular weight excluding hydrogens is 328 g/mol. The standard InChI is InChI=1S/C17H26N2O4S/c1-3-7-17(8-4-2)15(21)19(16(22)18-17)10-13(20)11-23-12-14-6-5-9-24-14/h5-6,9,13,20H,3-4,7-8,10-12H2,1-2H3,(H,18,22). The van der Waals surface area contributed by atoms with Crippen molar-refractivity contribution in [3.8, 4) is 0 Å². The van der Waals surface area contributed by atoms with Crippen molar-refractivity contribution in [2.45, 2.75) is 57.8 Å². The van der Waals surface area contributed by atoms with Crippen molar-refractivity contribution in [3.05, 3.63) is 22.4 Å². The third kappa shape index (κ3) is 4.34. The van der Waals surface area contributed by atoms with E-state index >= 15 is 0 Å². The van der Waals surface area contributed by atoms with E-state index in [1.54, 1.807) is 11.3 Å². The highest BCUT2D eigenvalue weighted by atomic mass is 32.1. The topological polar surface area (TPSA) is 78.9 Å². The van der Waals surface area contributed by atoms with E-state index in [0.29, 0.717) is 19.4 Å². The number of aliphatic hydroxyl groups excluding tert-OH is 1. The smallest absolute Gasteiger partial charge is 0.325 e. The number of carbonyl (C=O) groups is 2. The van der Waals surface area contributed by atoms with Gasteiger partial charge < -0.3 is 15.2 Å². The van der Waals surface area contributed by atoms with Gasteiger partial charge in [0.1, 0.15) is 5.54 Å². The van der Waals surface area contributed by atoms with E-state index in [4.69, 9.17) is 4.74 Å². The monoisotopic (exact) mass is 354 g/mol. The fraction of sp³-hybridized carbons (Fsp3) is 0.647. The van der Waals surface area contributed by atoms with Crippen LogP contribution in [0, 0.1) is 0 Å². The van der Waals surface area contributed by atoms with Gasteiger partial charge in [0.2, 0.25) is 0 Å². The first-order valence-electron chi connectivity index (χ1n) is 8.44. The van der Waals surface area contributed by atoms with E-state index in [-0.39, 0.29) is 19.1 Å². The van der Waals surface area contributed by atoms with Crippen LogP contribution < -0.4 is 5.32 Å². The molecule has 0 aliphatic carbocycles. The molecule has 1 fully saturated rings. The molecule has 6 nitrogen and oxygen atoms in total. The summed E-state index contributed by atoms with van der Waals surface area (Å²) in [7, 11) is 0. The molecule has 7 heteroatoms. The minimum absolute atomic E-state index is 0.0374. The highest BCUT2D eigenvalue weighted by Gasteiger charge is 2.49. The molecule has 134 valence electrons. The summed E-state index contributed by atoms with van der Waals surface area (Å²) in [4.78, 5) is 27.1. The average molecular weight is 354 g/mol. The molecule has 3 amide bonds. The van der Waals surface area contributed by atoms with Gasteiger partial charge in [0, 0.05) is 4.88 Å². The molecule has 0 bridgehead atoms. The van der Waals surface area contributed by atoms with Gasteiger partial charge in [-0.3, -0.25) is 9.69 Å². The van der Waals surface area contributed by atoms with Crippen LogP contribution in [0.5, 0.6) is 0 Å². The second-order valence-corrected chi connectivity index (χ2v) is 7.21. The fourth-order valence-electron chi connectivity index (χ4n) is 3.11.